The normalized spacial score (nSPS) is 20.3. The largest absolute Gasteiger partial charge is 0.506 e. The number of carbonyl (C=O) groups is 4. The Bertz CT molecular complexity index is 1530. The van der Waals surface area contributed by atoms with Crippen LogP contribution in [-0.2, 0) is 22.4 Å². The first-order valence-electron chi connectivity index (χ1n) is 16.9. The zero-order chi connectivity index (χ0) is 34.7. The van der Waals surface area contributed by atoms with E-state index in [0.717, 1.165) is 30.5 Å². The summed E-state index contributed by atoms with van der Waals surface area (Å²) >= 11 is 6.72. The van der Waals surface area contributed by atoms with Crippen LogP contribution >= 0.6 is 31.9 Å². The number of para-hydroxylation sites is 1. The number of phenols is 1. The monoisotopic (exact) mass is 804 g/mol. The number of likely N-dealkylation sites (tertiary alicyclic amines) is 2. The number of carbonyl (C=O) groups excluding carboxylic acids is 3. The van der Waals surface area contributed by atoms with Crippen molar-refractivity contribution in [1.82, 2.24) is 24.5 Å². The highest BCUT2D eigenvalue weighted by molar-refractivity contribution is 9.11. The lowest BCUT2D eigenvalue weighted by molar-refractivity contribution is -0.142. The third-order valence-corrected chi connectivity index (χ3v) is 11.4. The zero-order valence-electron chi connectivity index (χ0n) is 27.2. The number of phenolic OH excluding ortho intramolecular Hbond substituents is 1. The summed E-state index contributed by atoms with van der Waals surface area (Å²) in [5, 5.41) is 22.5. The molecule has 3 N–H and O–H groups in total. The topological polar surface area (TPSA) is 146 Å². The van der Waals surface area contributed by atoms with Crippen LogP contribution in [0, 0.1) is 0 Å². The van der Waals surface area contributed by atoms with Crippen LogP contribution in [0.1, 0.15) is 36.8 Å². The van der Waals surface area contributed by atoms with Crippen LogP contribution in [0.15, 0.2) is 45.3 Å². The van der Waals surface area contributed by atoms with Crippen molar-refractivity contribution < 1.29 is 34.1 Å². The van der Waals surface area contributed by atoms with Crippen LogP contribution in [0.2, 0.25) is 0 Å². The molecule has 0 aromatic heterocycles. The van der Waals surface area contributed by atoms with Crippen LogP contribution in [0.3, 0.4) is 0 Å². The second-order valence-electron chi connectivity index (χ2n) is 13.1. The molecule has 6 rings (SSSR count). The molecule has 0 radical (unpaired) electrons. The molecule has 1 atom stereocenters. The lowest BCUT2D eigenvalue weighted by atomic mass is 10.0. The van der Waals surface area contributed by atoms with Crippen molar-refractivity contribution >= 4 is 61.7 Å². The second-order valence-corrected chi connectivity index (χ2v) is 14.8. The van der Waals surface area contributed by atoms with Gasteiger partial charge in [0.15, 0.2) is 6.10 Å². The standard InChI is InChI=1S/C34H42Br2N6O7/c35-26-19-22(20-27(36)30(26)43)21-29(31(44)39-10-6-24(7-11-39)38-15-17-40(18-16-38)33(46)47)49-34(48)41-12-8-25(9-13-41)42-14-5-23-3-1-2-4-28(23)37-32(42)45/h1-4,19-20,24-25,29,43H,5-18,21H2,(H,37,45)(H,46,47)/t29-/m1/s1. The van der Waals surface area contributed by atoms with E-state index in [2.05, 4.69) is 42.1 Å². The smallest absolute Gasteiger partial charge is 0.410 e. The van der Waals surface area contributed by atoms with Gasteiger partial charge in [0.05, 0.1) is 8.95 Å². The summed E-state index contributed by atoms with van der Waals surface area (Å²) in [7, 11) is 0. The predicted octanol–water partition coefficient (Wildman–Crippen LogP) is 4.81. The van der Waals surface area contributed by atoms with Crippen molar-refractivity contribution in [2.24, 2.45) is 0 Å². The molecule has 4 heterocycles. The highest BCUT2D eigenvalue weighted by Crippen LogP contribution is 2.34. The van der Waals surface area contributed by atoms with Crippen molar-refractivity contribution in [1.29, 1.82) is 0 Å². The van der Waals surface area contributed by atoms with E-state index < -0.39 is 18.3 Å². The number of halogens is 2. The van der Waals surface area contributed by atoms with Crippen molar-refractivity contribution in [2.75, 3.05) is 64.2 Å². The SMILES string of the molecule is O=C(O)N1CCN(C2CCN(C(=O)[C@@H](Cc3cc(Br)c(O)c(Br)c3)OC(=O)N3CCC(N4CCc5ccccc5NC4=O)CC3)CC2)CC1. The number of hydrogen-bond acceptors (Lipinski definition) is 7. The molecule has 15 heteroatoms. The van der Waals surface area contributed by atoms with Gasteiger partial charge in [0, 0.05) is 83.1 Å². The molecule has 0 unspecified atom stereocenters. The maximum absolute atomic E-state index is 14.0. The number of nitrogens with zero attached hydrogens (tertiary/aromatic N) is 5. The summed E-state index contributed by atoms with van der Waals surface area (Å²) in [6.07, 6.45) is 1.05. The quantitative estimate of drug-likeness (QED) is 0.378. The first kappa shape index (κ1) is 35.3. The molecule has 4 aliphatic rings. The van der Waals surface area contributed by atoms with E-state index in [0.29, 0.717) is 86.3 Å². The number of urea groups is 1. The fourth-order valence-electron chi connectivity index (χ4n) is 7.36. The number of benzene rings is 2. The van der Waals surface area contributed by atoms with E-state index in [1.807, 2.05) is 29.2 Å². The summed E-state index contributed by atoms with van der Waals surface area (Å²) in [6, 6.07) is 11.4. The maximum Gasteiger partial charge on any atom is 0.410 e. The molecule has 13 nitrogen and oxygen atoms in total. The molecule has 0 bridgehead atoms. The van der Waals surface area contributed by atoms with Gasteiger partial charge in [-0.05, 0) is 93.3 Å². The van der Waals surface area contributed by atoms with Gasteiger partial charge in [0.1, 0.15) is 5.75 Å². The summed E-state index contributed by atoms with van der Waals surface area (Å²) < 4.78 is 6.92. The molecule has 49 heavy (non-hydrogen) atoms. The van der Waals surface area contributed by atoms with Crippen LogP contribution in [0.5, 0.6) is 5.75 Å². The van der Waals surface area contributed by atoms with E-state index in [9.17, 15) is 29.4 Å². The van der Waals surface area contributed by atoms with E-state index in [1.54, 1.807) is 21.9 Å². The molecule has 5 amide bonds. The maximum atomic E-state index is 14.0. The minimum Gasteiger partial charge on any atom is -0.506 e. The molecule has 264 valence electrons. The van der Waals surface area contributed by atoms with Crippen molar-refractivity contribution in [3.63, 3.8) is 0 Å². The number of fused-ring (bicyclic) bond motifs is 1. The Kier molecular flexibility index (Phi) is 11.2. The summed E-state index contributed by atoms with van der Waals surface area (Å²) in [5.74, 6) is -0.224. The van der Waals surface area contributed by atoms with Crippen LogP contribution in [-0.4, -0.2) is 136 Å². The van der Waals surface area contributed by atoms with E-state index in [4.69, 9.17) is 4.74 Å². The summed E-state index contributed by atoms with van der Waals surface area (Å²) in [4.78, 5) is 61.0. The van der Waals surface area contributed by atoms with Gasteiger partial charge in [-0.15, -0.1) is 0 Å². The third kappa shape index (κ3) is 8.26. The predicted molar refractivity (Wildman–Crippen MR) is 189 cm³/mol. The van der Waals surface area contributed by atoms with E-state index >= 15 is 0 Å². The van der Waals surface area contributed by atoms with Crippen LogP contribution in [0.25, 0.3) is 0 Å². The van der Waals surface area contributed by atoms with Crippen molar-refractivity contribution in [3.05, 3.63) is 56.5 Å². The molecule has 3 saturated heterocycles. The number of rotatable bonds is 6. The number of hydrogen-bond donors (Lipinski definition) is 3. The van der Waals surface area contributed by atoms with Crippen LogP contribution < -0.4 is 5.32 Å². The minimum atomic E-state index is -1.07. The van der Waals surface area contributed by atoms with E-state index in [-0.39, 0.29) is 36.2 Å². The molecule has 4 aliphatic heterocycles. The Balaban J connectivity index is 1.07. The Hall–Kier alpha value is -3.56. The van der Waals surface area contributed by atoms with Crippen LogP contribution in [0.4, 0.5) is 20.1 Å². The number of piperidine rings is 2. The minimum absolute atomic E-state index is 0.0177. The van der Waals surface area contributed by atoms with Gasteiger partial charge in [-0.2, -0.15) is 0 Å². The van der Waals surface area contributed by atoms with Crippen molar-refractivity contribution in [2.45, 2.75) is 56.7 Å². The lowest BCUT2D eigenvalue weighted by Gasteiger charge is -2.42. The Morgan fingerprint density at radius 1 is 0.837 bits per heavy atom. The molecule has 3 fully saturated rings. The van der Waals surface area contributed by atoms with E-state index in [1.165, 1.54) is 4.90 Å². The molecule has 0 aliphatic carbocycles. The van der Waals surface area contributed by atoms with Gasteiger partial charge in [-0.3, -0.25) is 9.69 Å². The second kappa shape index (κ2) is 15.5. The van der Waals surface area contributed by atoms with Gasteiger partial charge in [-0.1, -0.05) is 18.2 Å². The molecule has 0 spiro atoms. The Labute approximate surface area is 302 Å². The van der Waals surface area contributed by atoms with Gasteiger partial charge >= 0.3 is 18.2 Å². The highest BCUT2D eigenvalue weighted by Gasteiger charge is 2.37. The average molecular weight is 807 g/mol. The third-order valence-electron chi connectivity index (χ3n) is 10.2. The summed E-state index contributed by atoms with van der Waals surface area (Å²) in [5.41, 5.74) is 2.65. The van der Waals surface area contributed by atoms with Gasteiger partial charge in [0.25, 0.3) is 5.91 Å². The highest BCUT2D eigenvalue weighted by atomic mass is 79.9. The number of carboxylic acid groups (broad SMARTS) is 1. The van der Waals surface area contributed by atoms with Gasteiger partial charge < -0.3 is 39.9 Å². The summed E-state index contributed by atoms with van der Waals surface area (Å²) in [6.45, 7) is 4.70. The Morgan fingerprint density at radius 2 is 1.45 bits per heavy atom. The molecule has 0 saturated carbocycles. The van der Waals surface area contributed by atoms with Gasteiger partial charge in [0.2, 0.25) is 0 Å². The lowest BCUT2D eigenvalue weighted by Crippen LogP contribution is -2.55. The number of piperazine rings is 1. The number of amides is 5. The molecular formula is C34H42Br2N6O7. The number of anilines is 1. The number of nitrogens with one attached hydrogen (secondary N) is 1. The fourth-order valence-corrected chi connectivity index (χ4v) is 8.64. The number of aromatic hydroxyl groups is 1. The average Bonchev–Trinajstić information content (AvgIpc) is 3.28. The molecule has 2 aromatic carbocycles. The zero-order valence-corrected chi connectivity index (χ0v) is 30.4. The van der Waals surface area contributed by atoms with Crippen molar-refractivity contribution in [3.8, 4) is 5.75 Å². The first-order valence-corrected chi connectivity index (χ1v) is 18.4. The fraction of sp³-hybridized carbons (Fsp3) is 0.529. The Morgan fingerprint density at radius 3 is 2.10 bits per heavy atom. The van der Waals surface area contributed by atoms with Gasteiger partial charge in [-0.25, -0.2) is 14.4 Å². The number of ether oxygens (including phenoxy) is 1. The molecule has 2 aromatic rings. The molecular weight excluding hydrogens is 764 g/mol. The first-order chi connectivity index (χ1) is 23.6.